The number of nitrogens with zero attached hydrogens (tertiary/aromatic N) is 2. The summed E-state index contributed by atoms with van der Waals surface area (Å²) in [5.41, 5.74) is 7.13. The van der Waals surface area contributed by atoms with Crippen molar-refractivity contribution in [3.05, 3.63) is 119 Å². The van der Waals surface area contributed by atoms with Crippen molar-refractivity contribution in [2.75, 3.05) is 26.2 Å². The molecule has 1 saturated heterocycles. The van der Waals surface area contributed by atoms with Crippen LogP contribution in [0.2, 0.25) is 5.02 Å². The van der Waals surface area contributed by atoms with Crippen molar-refractivity contribution in [3.8, 4) is 22.8 Å². The fourth-order valence-corrected chi connectivity index (χ4v) is 5.95. The first-order chi connectivity index (χ1) is 20.1. The first kappa shape index (κ1) is 27.4. The molecule has 2 heterocycles. The van der Waals surface area contributed by atoms with Crippen molar-refractivity contribution in [1.29, 1.82) is 0 Å². The minimum Gasteiger partial charge on any atom is -0.492 e. The number of fused-ring (bicyclic) bond motifs is 1. The lowest BCUT2D eigenvalue weighted by Crippen LogP contribution is -2.33. The van der Waals surface area contributed by atoms with Crippen molar-refractivity contribution >= 4 is 22.5 Å². The average Bonchev–Trinajstić information content (AvgIpc) is 3.28. The van der Waals surface area contributed by atoms with Gasteiger partial charge in [0.25, 0.3) is 0 Å². The molecule has 41 heavy (non-hydrogen) atoms. The lowest BCUT2D eigenvalue weighted by Gasteiger charge is -2.26. The van der Waals surface area contributed by atoms with Crippen molar-refractivity contribution in [2.24, 2.45) is 0 Å². The van der Waals surface area contributed by atoms with Gasteiger partial charge in [0.15, 0.2) is 0 Å². The minimum absolute atomic E-state index is 0.544. The summed E-state index contributed by atoms with van der Waals surface area (Å²) in [5, 5.41) is 1.93. The van der Waals surface area contributed by atoms with E-state index in [2.05, 4.69) is 83.1 Å². The predicted octanol–water partition coefficient (Wildman–Crippen LogP) is 8.76. The van der Waals surface area contributed by atoms with Crippen LogP contribution in [0.1, 0.15) is 36.0 Å². The van der Waals surface area contributed by atoms with E-state index in [4.69, 9.17) is 21.1 Å². The molecule has 0 spiro atoms. The van der Waals surface area contributed by atoms with Crippen LogP contribution in [-0.4, -0.2) is 35.7 Å². The summed E-state index contributed by atoms with van der Waals surface area (Å²) in [6.45, 7) is 7.62. The molecule has 0 saturated carbocycles. The van der Waals surface area contributed by atoms with E-state index in [0.717, 1.165) is 47.3 Å². The van der Waals surface area contributed by atoms with Crippen LogP contribution in [0.3, 0.4) is 0 Å². The fourth-order valence-electron chi connectivity index (χ4n) is 5.83. The third-order valence-electron chi connectivity index (χ3n) is 8.04. The Morgan fingerprint density at radius 1 is 0.732 bits per heavy atom. The number of hydrogen-bond acceptors (Lipinski definition) is 3. The monoisotopic (exact) mass is 564 g/mol. The predicted molar refractivity (Wildman–Crippen MR) is 169 cm³/mol. The van der Waals surface area contributed by atoms with Crippen molar-refractivity contribution in [3.63, 3.8) is 0 Å². The number of ether oxygens (including phenoxy) is 2. The number of hydrogen-bond donors (Lipinski definition) is 0. The lowest BCUT2D eigenvalue weighted by atomic mass is 10.1. The Morgan fingerprint density at radius 3 is 2.22 bits per heavy atom. The largest absolute Gasteiger partial charge is 0.492 e. The Balaban J connectivity index is 1.24. The van der Waals surface area contributed by atoms with Gasteiger partial charge < -0.3 is 14.0 Å². The van der Waals surface area contributed by atoms with Crippen molar-refractivity contribution in [1.82, 2.24) is 9.47 Å². The molecule has 0 N–H and O–H groups in total. The summed E-state index contributed by atoms with van der Waals surface area (Å²) in [5.74, 6) is 1.80. The molecule has 1 aliphatic heterocycles. The molecule has 5 heteroatoms. The van der Waals surface area contributed by atoms with Gasteiger partial charge in [0.2, 0.25) is 0 Å². The highest BCUT2D eigenvalue weighted by Crippen LogP contribution is 2.36. The Morgan fingerprint density at radius 2 is 1.46 bits per heavy atom. The SMILES string of the molecule is Cc1c(-c2ccc(Cl)cc2)n(Cc2ccc(OCCN3CCCCC3)cc2)c2ccc(OCc3ccccc3)cc12. The number of halogens is 1. The zero-order valence-corrected chi connectivity index (χ0v) is 24.4. The van der Waals surface area contributed by atoms with Crippen LogP contribution < -0.4 is 9.47 Å². The average molecular weight is 565 g/mol. The molecule has 0 atom stereocenters. The number of likely N-dealkylation sites (tertiary alicyclic amines) is 1. The van der Waals surface area contributed by atoms with Gasteiger partial charge in [-0.05, 0) is 97.6 Å². The van der Waals surface area contributed by atoms with E-state index in [0.29, 0.717) is 6.61 Å². The maximum atomic E-state index is 6.25. The van der Waals surface area contributed by atoms with E-state index < -0.39 is 0 Å². The Hall–Kier alpha value is -3.73. The number of aromatic nitrogens is 1. The summed E-state index contributed by atoms with van der Waals surface area (Å²) in [4.78, 5) is 2.51. The molecule has 4 nitrogen and oxygen atoms in total. The van der Waals surface area contributed by atoms with Gasteiger partial charge in [-0.1, -0.05) is 72.6 Å². The van der Waals surface area contributed by atoms with E-state index >= 15 is 0 Å². The van der Waals surface area contributed by atoms with Crippen molar-refractivity contribution < 1.29 is 9.47 Å². The van der Waals surface area contributed by atoms with Crippen LogP contribution in [0.15, 0.2) is 97.1 Å². The highest BCUT2D eigenvalue weighted by molar-refractivity contribution is 6.30. The molecule has 5 aromatic rings. The molecule has 1 aliphatic rings. The summed E-state index contributed by atoms with van der Waals surface area (Å²) in [6.07, 6.45) is 3.97. The van der Waals surface area contributed by atoms with Crippen LogP contribution in [0.5, 0.6) is 11.5 Å². The molecule has 0 aliphatic carbocycles. The molecule has 210 valence electrons. The summed E-state index contributed by atoms with van der Waals surface area (Å²) < 4.78 is 14.7. The van der Waals surface area contributed by atoms with Gasteiger partial charge in [0.05, 0.1) is 5.69 Å². The molecule has 0 bridgehead atoms. The van der Waals surface area contributed by atoms with Gasteiger partial charge in [0.1, 0.15) is 24.7 Å². The first-order valence-electron chi connectivity index (χ1n) is 14.6. The van der Waals surface area contributed by atoms with Crippen LogP contribution in [0, 0.1) is 6.92 Å². The summed E-state index contributed by atoms with van der Waals surface area (Å²) in [7, 11) is 0. The number of piperidine rings is 1. The van der Waals surface area contributed by atoms with Crippen LogP contribution in [-0.2, 0) is 13.2 Å². The number of benzene rings is 4. The highest BCUT2D eigenvalue weighted by atomic mass is 35.5. The molecular weight excluding hydrogens is 528 g/mol. The molecule has 0 radical (unpaired) electrons. The maximum Gasteiger partial charge on any atom is 0.120 e. The normalized spacial score (nSPS) is 13.9. The molecule has 0 unspecified atom stereocenters. The number of rotatable bonds is 10. The molecule has 0 amide bonds. The topological polar surface area (TPSA) is 26.6 Å². The standard InChI is InChI=1S/C36H37ClN2O2/c1-27-34-24-33(41-26-29-8-4-2-5-9-29)18-19-35(34)39(36(27)30-12-14-31(37)15-13-30)25-28-10-16-32(17-11-28)40-23-22-38-20-6-3-7-21-38/h2,4-5,8-19,24H,3,6-7,20-23,25-26H2,1H3. The van der Waals surface area contributed by atoms with E-state index in [-0.39, 0.29) is 0 Å². The van der Waals surface area contributed by atoms with Gasteiger partial charge in [0, 0.05) is 29.0 Å². The fraction of sp³-hybridized carbons (Fsp3) is 0.278. The highest BCUT2D eigenvalue weighted by Gasteiger charge is 2.17. The Bertz CT molecular complexity index is 1570. The molecule has 1 fully saturated rings. The second-order valence-corrected chi connectivity index (χ2v) is 11.4. The van der Waals surface area contributed by atoms with Crippen molar-refractivity contribution in [2.45, 2.75) is 39.3 Å². The maximum absolute atomic E-state index is 6.25. The second kappa shape index (κ2) is 12.8. The van der Waals surface area contributed by atoms with E-state index in [9.17, 15) is 0 Å². The Labute approximate surface area is 248 Å². The zero-order valence-electron chi connectivity index (χ0n) is 23.7. The second-order valence-electron chi connectivity index (χ2n) is 10.9. The van der Waals surface area contributed by atoms with Gasteiger partial charge in [-0.15, -0.1) is 0 Å². The molecule has 6 rings (SSSR count). The smallest absolute Gasteiger partial charge is 0.120 e. The van der Waals surface area contributed by atoms with Gasteiger partial charge in [-0.2, -0.15) is 0 Å². The molecule has 1 aromatic heterocycles. The first-order valence-corrected chi connectivity index (χ1v) is 15.0. The molecule has 4 aromatic carbocycles. The Kier molecular flexibility index (Phi) is 8.60. The van der Waals surface area contributed by atoms with Gasteiger partial charge >= 0.3 is 0 Å². The quantitative estimate of drug-likeness (QED) is 0.170. The van der Waals surface area contributed by atoms with Crippen LogP contribution >= 0.6 is 11.6 Å². The van der Waals surface area contributed by atoms with Gasteiger partial charge in [-0.25, -0.2) is 0 Å². The van der Waals surface area contributed by atoms with Crippen LogP contribution in [0.25, 0.3) is 22.2 Å². The third-order valence-corrected chi connectivity index (χ3v) is 8.29. The lowest BCUT2D eigenvalue weighted by molar-refractivity contribution is 0.183. The van der Waals surface area contributed by atoms with E-state index in [1.54, 1.807) is 0 Å². The van der Waals surface area contributed by atoms with E-state index in [1.165, 1.54) is 60.1 Å². The number of aryl methyl sites for hydroxylation is 1. The summed E-state index contributed by atoms with van der Waals surface area (Å²) >= 11 is 6.25. The third kappa shape index (κ3) is 6.61. The minimum atomic E-state index is 0.544. The molecular formula is C36H37ClN2O2. The van der Waals surface area contributed by atoms with Crippen LogP contribution in [0.4, 0.5) is 0 Å². The zero-order chi connectivity index (χ0) is 28.0. The van der Waals surface area contributed by atoms with Gasteiger partial charge in [-0.3, -0.25) is 4.90 Å². The summed E-state index contributed by atoms with van der Waals surface area (Å²) in [6, 6.07) is 33.4. The van der Waals surface area contributed by atoms with E-state index in [1.807, 2.05) is 30.3 Å².